The topological polar surface area (TPSA) is 93.5 Å². The highest BCUT2D eigenvalue weighted by Gasteiger charge is 2.30. The zero-order valence-electron chi connectivity index (χ0n) is 12.8. The van der Waals surface area contributed by atoms with Crippen molar-refractivity contribution in [3.8, 4) is 5.75 Å². The molecule has 2 aromatic rings. The van der Waals surface area contributed by atoms with Crippen LogP contribution < -0.4 is 21.1 Å². The Bertz CT molecular complexity index is 744. The number of hydrogen-bond acceptors (Lipinski definition) is 4. The van der Waals surface area contributed by atoms with E-state index in [2.05, 4.69) is 15.4 Å². The first-order valence-electron chi connectivity index (χ1n) is 7.02. The van der Waals surface area contributed by atoms with E-state index in [4.69, 9.17) is 5.73 Å². The Hall–Kier alpha value is -3.23. The standard InChI is InChI=1S/C16H14F3N3O3/c17-16(18,19)25-13-7-5-11(6-8-13)21-9-14(23)22-12-3-1-10(2-4-12)15(20)24/h1-8,21H,9H2,(H2,20,24)(H,22,23). The minimum absolute atomic E-state index is 0.100. The first kappa shape index (κ1) is 18.1. The molecule has 0 saturated carbocycles. The van der Waals surface area contributed by atoms with Crippen LogP contribution in [0.15, 0.2) is 48.5 Å². The number of alkyl halides is 3. The van der Waals surface area contributed by atoms with Crippen LogP contribution in [0, 0.1) is 0 Å². The van der Waals surface area contributed by atoms with Gasteiger partial charge in [-0.25, -0.2) is 0 Å². The molecule has 132 valence electrons. The minimum Gasteiger partial charge on any atom is -0.406 e. The molecule has 9 heteroatoms. The molecule has 2 rings (SSSR count). The molecule has 0 heterocycles. The van der Waals surface area contributed by atoms with Gasteiger partial charge < -0.3 is 21.1 Å². The Morgan fingerprint density at radius 2 is 1.52 bits per heavy atom. The molecule has 2 aromatic carbocycles. The number of carbonyl (C=O) groups is 2. The largest absolute Gasteiger partial charge is 0.573 e. The van der Waals surface area contributed by atoms with Crippen molar-refractivity contribution in [3.05, 3.63) is 54.1 Å². The van der Waals surface area contributed by atoms with E-state index < -0.39 is 12.3 Å². The number of amides is 2. The highest BCUT2D eigenvalue weighted by Crippen LogP contribution is 2.23. The molecule has 6 nitrogen and oxygen atoms in total. The number of halogens is 3. The summed E-state index contributed by atoms with van der Waals surface area (Å²) in [6, 6.07) is 11.0. The summed E-state index contributed by atoms with van der Waals surface area (Å²) in [4.78, 5) is 22.8. The molecule has 0 unspecified atom stereocenters. The lowest BCUT2D eigenvalue weighted by Crippen LogP contribution is -2.22. The number of anilines is 2. The Kier molecular flexibility index (Phi) is 5.48. The summed E-state index contributed by atoms with van der Waals surface area (Å²) in [5.74, 6) is -1.29. The molecular weight excluding hydrogens is 339 g/mol. The van der Waals surface area contributed by atoms with E-state index >= 15 is 0 Å². The maximum absolute atomic E-state index is 12.1. The quantitative estimate of drug-likeness (QED) is 0.744. The fourth-order valence-corrected chi connectivity index (χ4v) is 1.88. The molecule has 0 bridgehead atoms. The molecule has 0 saturated heterocycles. The third kappa shape index (κ3) is 6.05. The molecule has 0 aliphatic heterocycles. The number of primary amides is 1. The van der Waals surface area contributed by atoms with Crippen LogP contribution in [-0.2, 0) is 4.79 Å². The summed E-state index contributed by atoms with van der Waals surface area (Å²) < 4.78 is 39.9. The summed E-state index contributed by atoms with van der Waals surface area (Å²) in [6.45, 7) is -0.100. The maximum Gasteiger partial charge on any atom is 0.573 e. The first-order valence-corrected chi connectivity index (χ1v) is 7.02. The van der Waals surface area contributed by atoms with E-state index in [9.17, 15) is 22.8 Å². The fourth-order valence-electron chi connectivity index (χ4n) is 1.88. The third-order valence-corrected chi connectivity index (χ3v) is 2.99. The summed E-state index contributed by atoms with van der Waals surface area (Å²) in [6.07, 6.45) is -4.75. The van der Waals surface area contributed by atoms with Gasteiger partial charge in [0.2, 0.25) is 11.8 Å². The average Bonchev–Trinajstić information content (AvgIpc) is 2.53. The van der Waals surface area contributed by atoms with Gasteiger partial charge in [-0.2, -0.15) is 0 Å². The van der Waals surface area contributed by atoms with Crippen molar-refractivity contribution < 1.29 is 27.5 Å². The van der Waals surface area contributed by atoms with Crippen LogP contribution in [0.2, 0.25) is 0 Å². The SMILES string of the molecule is NC(=O)c1ccc(NC(=O)CNc2ccc(OC(F)(F)F)cc2)cc1. The average molecular weight is 353 g/mol. The van der Waals surface area contributed by atoms with Crippen LogP contribution in [0.5, 0.6) is 5.75 Å². The van der Waals surface area contributed by atoms with E-state index in [0.29, 0.717) is 16.9 Å². The van der Waals surface area contributed by atoms with Gasteiger partial charge in [0, 0.05) is 16.9 Å². The van der Waals surface area contributed by atoms with E-state index in [1.165, 1.54) is 36.4 Å². The van der Waals surface area contributed by atoms with E-state index in [-0.39, 0.29) is 18.2 Å². The summed E-state index contributed by atoms with van der Waals surface area (Å²) in [7, 11) is 0. The lowest BCUT2D eigenvalue weighted by atomic mass is 10.2. The number of benzene rings is 2. The van der Waals surface area contributed by atoms with E-state index in [1.807, 2.05) is 0 Å². The van der Waals surface area contributed by atoms with Crippen LogP contribution in [0.25, 0.3) is 0 Å². The van der Waals surface area contributed by atoms with Gasteiger partial charge in [-0.3, -0.25) is 9.59 Å². The maximum atomic E-state index is 12.1. The van der Waals surface area contributed by atoms with Gasteiger partial charge >= 0.3 is 6.36 Å². The van der Waals surface area contributed by atoms with Crippen molar-refractivity contribution in [1.29, 1.82) is 0 Å². The molecule has 0 atom stereocenters. The number of ether oxygens (including phenoxy) is 1. The van der Waals surface area contributed by atoms with Gasteiger partial charge in [-0.1, -0.05) is 0 Å². The number of nitrogens with two attached hydrogens (primary N) is 1. The lowest BCUT2D eigenvalue weighted by molar-refractivity contribution is -0.274. The van der Waals surface area contributed by atoms with Gasteiger partial charge in [0.25, 0.3) is 0 Å². The van der Waals surface area contributed by atoms with Gasteiger partial charge in [0.1, 0.15) is 5.75 Å². The van der Waals surface area contributed by atoms with Crippen LogP contribution in [0.1, 0.15) is 10.4 Å². The second-order valence-electron chi connectivity index (χ2n) is 4.92. The fraction of sp³-hybridized carbons (Fsp3) is 0.125. The minimum atomic E-state index is -4.75. The van der Waals surface area contributed by atoms with Crippen molar-refractivity contribution in [3.63, 3.8) is 0 Å². The van der Waals surface area contributed by atoms with Crippen molar-refractivity contribution >= 4 is 23.2 Å². The van der Waals surface area contributed by atoms with Crippen LogP contribution in [0.3, 0.4) is 0 Å². The smallest absolute Gasteiger partial charge is 0.406 e. The van der Waals surface area contributed by atoms with Crippen molar-refractivity contribution in [2.75, 3.05) is 17.2 Å². The van der Waals surface area contributed by atoms with E-state index in [1.54, 1.807) is 0 Å². The molecule has 0 radical (unpaired) electrons. The highest BCUT2D eigenvalue weighted by molar-refractivity contribution is 5.96. The van der Waals surface area contributed by atoms with Gasteiger partial charge in [0.15, 0.2) is 0 Å². The van der Waals surface area contributed by atoms with Gasteiger partial charge in [-0.05, 0) is 48.5 Å². The zero-order valence-corrected chi connectivity index (χ0v) is 12.8. The number of nitrogens with one attached hydrogen (secondary N) is 2. The van der Waals surface area contributed by atoms with Crippen LogP contribution in [-0.4, -0.2) is 24.7 Å². The Labute approximate surface area is 140 Å². The monoisotopic (exact) mass is 353 g/mol. The Morgan fingerprint density at radius 3 is 2.04 bits per heavy atom. The van der Waals surface area contributed by atoms with Crippen molar-refractivity contribution in [1.82, 2.24) is 0 Å². The van der Waals surface area contributed by atoms with Crippen LogP contribution >= 0.6 is 0 Å². The molecule has 0 fully saturated rings. The molecule has 2 amide bonds. The molecular formula is C16H14F3N3O3. The molecule has 0 aromatic heterocycles. The predicted molar refractivity (Wildman–Crippen MR) is 85.2 cm³/mol. The van der Waals surface area contributed by atoms with E-state index in [0.717, 1.165) is 12.1 Å². The molecule has 0 spiro atoms. The van der Waals surface area contributed by atoms with Gasteiger partial charge in [0.05, 0.1) is 6.54 Å². The Balaban J connectivity index is 1.84. The van der Waals surface area contributed by atoms with Crippen molar-refractivity contribution in [2.45, 2.75) is 6.36 Å². The Morgan fingerprint density at radius 1 is 0.960 bits per heavy atom. The van der Waals surface area contributed by atoms with Crippen molar-refractivity contribution in [2.24, 2.45) is 5.73 Å². The van der Waals surface area contributed by atoms with Crippen LogP contribution in [0.4, 0.5) is 24.5 Å². The number of carbonyl (C=O) groups excluding carboxylic acids is 2. The molecule has 4 N–H and O–H groups in total. The highest BCUT2D eigenvalue weighted by atomic mass is 19.4. The molecule has 0 aliphatic carbocycles. The second kappa shape index (κ2) is 7.56. The molecule has 25 heavy (non-hydrogen) atoms. The normalized spacial score (nSPS) is 10.8. The number of rotatable bonds is 6. The predicted octanol–water partition coefficient (Wildman–Crippen LogP) is 2.73. The molecule has 0 aliphatic rings. The second-order valence-corrected chi connectivity index (χ2v) is 4.92. The third-order valence-electron chi connectivity index (χ3n) is 2.99. The van der Waals surface area contributed by atoms with Gasteiger partial charge in [-0.15, -0.1) is 13.2 Å². The first-order chi connectivity index (χ1) is 11.7. The summed E-state index contributed by atoms with van der Waals surface area (Å²) in [5, 5.41) is 5.36. The summed E-state index contributed by atoms with van der Waals surface area (Å²) in [5.41, 5.74) is 6.36. The zero-order chi connectivity index (χ0) is 18.4. The number of hydrogen-bond donors (Lipinski definition) is 3. The lowest BCUT2D eigenvalue weighted by Gasteiger charge is -2.10. The summed E-state index contributed by atoms with van der Waals surface area (Å²) >= 11 is 0.